The predicted molar refractivity (Wildman–Crippen MR) is 90.3 cm³/mol. The van der Waals surface area contributed by atoms with Crippen LogP contribution in [0.4, 0.5) is 0 Å². The monoisotopic (exact) mass is 323 g/mol. The Kier molecular flexibility index (Phi) is 4.39. The van der Waals surface area contributed by atoms with E-state index in [9.17, 15) is 8.42 Å². The van der Waals surface area contributed by atoms with Gasteiger partial charge in [-0.1, -0.05) is 32.0 Å². The van der Waals surface area contributed by atoms with E-state index in [0.717, 1.165) is 16.6 Å². The third-order valence-electron chi connectivity index (χ3n) is 4.21. The average Bonchev–Trinajstić information content (AvgIpc) is 2.71. The molecular weight excluding hydrogens is 298 g/mol. The summed E-state index contributed by atoms with van der Waals surface area (Å²) < 4.78 is 29.4. The maximum absolute atomic E-state index is 13.0. The first kappa shape index (κ1) is 17.0. The minimum atomic E-state index is -3.56. The molecule has 5 nitrogen and oxygen atoms in total. The van der Waals surface area contributed by atoms with E-state index in [1.165, 1.54) is 4.31 Å². The molecule has 6 heteroatoms. The van der Waals surface area contributed by atoms with E-state index in [-0.39, 0.29) is 5.41 Å². The van der Waals surface area contributed by atoms with Crippen LogP contribution in [0.15, 0.2) is 29.2 Å². The van der Waals surface area contributed by atoms with E-state index in [2.05, 4.69) is 0 Å². The molecule has 1 aromatic carbocycles. The summed E-state index contributed by atoms with van der Waals surface area (Å²) in [6.45, 7) is 6.59. The molecule has 1 heterocycles. The maximum Gasteiger partial charge on any atom is 0.245 e. The second-order valence-corrected chi connectivity index (χ2v) is 8.60. The van der Waals surface area contributed by atoms with Crippen molar-refractivity contribution in [1.29, 1.82) is 0 Å². The topological polar surface area (TPSA) is 68.3 Å². The quantitative estimate of drug-likeness (QED) is 0.916. The fourth-order valence-electron chi connectivity index (χ4n) is 2.72. The number of nitrogens with two attached hydrogens (primary N) is 1. The Bertz CT molecular complexity index is 791. The summed E-state index contributed by atoms with van der Waals surface area (Å²) >= 11 is 0. The standard InChI is InChI=1S/C16H25N3O2S/c1-12-15(13-8-6-7-9-14(13)19(12)5)22(20,21)18(4)11-16(2,3)10-17/h6-9H,10-11,17H2,1-5H3. The van der Waals surface area contributed by atoms with Gasteiger partial charge in [-0.2, -0.15) is 0 Å². The summed E-state index contributed by atoms with van der Waals surface area (Å²) in [5.41, 5.74) is 7.14. The maximum atomic E-state index is 13.0. The zero-order chi connectivity index (χ0) is 16.7. The number of para-hydroxylation sites is 1. The Morgan fingerprint density at radius 3 is 2.45 bits per heavy atom. The van der Waals surface area contributed by atoms with Crippen LogP contribution in [0.2, 0.25) is 0 Å². The fourth-order valence-corrected chi connectivity index (χ4v) is 4.51. The molecule has 0 aliphatic heterocycles. The molecule has 0 unspecified atom stereocenters. The van der Waals surface area contributed by atoms with Crippen molar-refractivity contribution >= 4 is 20.9 Å². The van der Waals surface area contributed by atoms with Crippen LogP contribution >= 0.6 is 0 Å². The number of nitrogens with zero attached hydrogens (tertiary/aromatic N) is 2. The van der Waals surface area contributed by atoms with E-state index in [1.807, 2.05) is 56.7 Å². The highest BCUT2D eigenvalue weighted by Gasteiger charge is 2.31. The second kappa shape index (κ2) is 5.68. The fraction of sp³-hybridized carbons (Fsp3) is 0.500. The van der Waals surface area contributed by atoms with E-state index in [4.69, 9.17) is 5.73 Å². The molecule has 0 saturated carbocycles. The van der Waals surface area contributed by atoms with Crippen molar-refractivity contribution in [1.82, 2.24) is 8.87 Å². The predicted octanol–water partition coefficient (Wildman–Crippen LogP) is 2.09. The normalized spacial score (nSPS) is 13.2. The van der Waals surface area contributed by atoms with Gasteiger partial charge in [0.15, 0.2) is 0 Å². The van der Waals surface area contributed by atoms with Crippen LogP contribution in [0.25, 0.3) is 10.9 Å². The van der Waals surface area contributed by atoms with Crippen LogP contribution in [0.5, 0.6) is 0 Å². The highest BCUT2D eigenvalue weighted by Crippen LogP contribution is 2.31. The number of sulfonamides is 1. The lowest BCUT2D eigenvalue weighted by atomic mass is 9.94. The van der Waals surface area contributed by atoms with Gasteiger partial charge >= 0.3 is 0 Å². The molecule has 0 amide bonds. The Hall–Kier alpha value is -1.37. The molecule has 2 N–H and O–H groups in total. The van der Waals surface area contributed by atoms with E-state index in [0.29, 0.717) is 18.0 Å². The third-order valence-corrected chi connectivity index (χ3v) is 6.19. The summed E-state index contributed by atoms with van der Waals surface area (Å²) in [5.74, 6) is 0. The van der Waals surface area contributed by atoms with Crippen molar-refractivity contribution in [3.63, 3.8) is 0 Å². The molecule has 2 rings (SSSR count). The van der Waals surface area contributed by atoms with Crippen molar-refractivity contribution in [2.45, 2.75) is 25.7 Å². The lowest BCUT2D eigenvalue weighted by Gasteiger charge is -2.28. The number of hydrogen-bond acceptors (Lipinski definition) is 3. The first-order valence-electron chi connectivity index (χ1n) is 7.32. The van der Waals surface area contributed by atoms with Crippen LogP contribution in [0.3, 0.4) is 0 Å². The molecule has 0 aliphatic rings. The van der Waals surface area contributed by atoms with Crippen molar-refractivity contribution in [3.05, 3.63) is 30.0 Å². The molecule has 0 bridgehead atoms. The van der Waals surface area contributed by atoms with Crippen molar-refractivity contribution < 1.29 is 8.42 Å². The molecule has 122 valence electrons. The van der Waals surface area contributed by atoms with Gasteiger partial charge in [-0.3, -0.25) is 0 Å². The minimum absolute atomic E-state index is 0.264. The summed E-state index contributed by atoms with van der Waals surface area (Å²) in [4.78, 5) is 0.390. The number of benzene rings is 1. The van der Waals surface area contributed by atoms with Crippen molar-refractivity contribution in [3.8, 4) is 0 Å². The zero-order valence-electron chi connectivity index (χ0n) is 13.9. The Morgan fingerprint density at radius 1 is 1.27 bits per heavy atom. The van der Waals surface area contributed by atoms with Crippen LogP contribution in [-0.4, -0.2) is 37.4 Å². The number of aryl methyl sites for hydroxylation is 1. The van der Waals surface area contributed by atoms with Gasteiger partial charge in [-0.15, -0.1) is 0 Å². The number of fused-ring (bicyclic) bond motifs is 1. The Labute approximate surface area is 132 Å². The van der Waals surface area contributed by atoms with Crippen molar-refractivity contribution in [2.75, 3.05) is 20.1 Å². The van der Waals surface area contributed by atoms with Gasteiger partial charge in [0.25, 0.3) is 0 Å². The largest absolute Gasteiger partial charge is 0.347 e. The van der Waals surface area contributed by atoms with Crippen LogP contribution < -0.4 is 5.73 Å². The zero-order valence-corrected chi connectivity index (χ0v) is 14.7. The van der Waals surface area contributed by atoms with E-state index >= 15 is 0 Å². The number of aromatic nitrogens is 1. The van der Waals surface area contributed by atoms with E-state index in [1.54, 1.807) is 7.05 Å². The van der Waals surface area contributed by atoms with Gasteiger partial charge in [0, 0.05) is 37.2 Å². The first-order chi connectivity index (χ1) is 10.1. The molecule has 0 radical (unpaired) electrons. The summed E-state index contributed by atoms with van der Waals surface area (Å²) in [7, 11) is -0.0534. The van der Waals surface area contributed by atoms with Crippen LogP contribution in [0, 0.1) is 12.3 Å². The van der Waals surface area contributed by atoms with Gasteiger partial charge in [-0.25, -0.2) is 12.7 Å². The van der Waals surface area contributed by atoms with E-state index < -0.39 is 10.0 Å². The number of rotatable bonds is 5. The van der Waals surface area contributed by atoms with Gasteiger partial charge in [0.1, 0.15) is 4.90 Å². The SMILES string of the molecule is Cc1c(S(=O)(=O)N(C)CC(C)(C)CN)c2ccccc2n1C. The molecule has 0 saturated heterocycles. The van der Waals surface area contributed by atoms with Crippen LogP contribution in [0.1, 0.15) is 19.5 Å². The second-order valence-electron chi connectivity index (χ2n) is 6.62. The molecule has 0 aliphatic carbocycles. The first-order valence-corrected chi connectivity index (χ1v) is 8.76. The molecule has 1 aromatic heterocycles. The minimum Gasteiger partial charge on any atom is -0.347 e. The lowest BCUT2D eigenvalue weighted by Crippen LogP contribution is -2.39. The lowest BCUT2D eigenvalue weighted by molar-refractivity contribution is 0.292. The van der Waals surface area contributed by atoms with Gasteiger partial charge < -0.3 is 10.3 Å². The Morgan fingerprint density at radius 2 is 1.86 bits per heavy atom. The molecule has 0 atom stereocenters. The van der Waals surface area contributed by atoms with Gasteiger partial charge in [-0.05, 0) is 24.9 Å². The summed E-state index contributed by atoms with van der Waals surface area (Å²) in [6.07, 6.45) is 0. The molecule has 2 aromatic rings. The average molecular weight is 323 g/mol. The summed E-state index contributed by atoms with van der Waals surface area (Å²) in [6, 6.07) is 7.58. The highest BCUT2D eigenvalue weighted by molar-refractivity contribution is 7.89. The summed E-state index contributed by atoms with van der Waals surface area (Å²) in [5, 5.41) is 0.764. The smallest absolute Gasteiger partial charge is 0.245 e. The van der Waals surface area contributed by atoms with Gasteiger partial charge in [0.05, 0.1) is 0 Å². The highest BCUT2D eigenvalue weighted by atomic mass is 32.2. The molecule has 0 fully saturated rings. The van der Waals surface area contributed by atoms with Crippen LogP contribution in [-0.2, 0) is 17.1 Å². The van der Waals surface area contributed by atoms with Gasteiger partial charge in [0.2, 0.25) is 10.0 Å². The van der Waals surface area contributed by atoms with Crippen molar-refractivity contribution in [2.24, 2.45) is 18.2 Å². The molecular formula is C16H25N3O2S. The third kappa shape index (κ3) is 2.78. The Balaban J connectivity index is 2.58. The molecule has 22 heavy (non-hydrogen) atoms. The number of hydrogen-bond donors (Lipinski definition) is 1. The molecule has 0 spiro atoms.